The molecule has 2 aromatic carbocycles. The van der Waals surface area contributed by atoms with Crippen molar-refractivity contribution in [1.29, 1.82) is 0 Å². The van der Waals surface area contributed by atoms with Gasteiger partial charge in [-0.15, -0.1) is 0 Å². The van der Waals surface area contributed by atoms with Crippen molar-refractivity contribution in [2.75, 3.05) is 4.90 Å². The van der Waals surface area contributed by atoms with Crippen LogP contribution in [0.5, 0.6) is 0 Å². The van der Waals surface area contributed by atoms with Crippen molar-refractivity contribution in [2.24, 2.45) is 0 Å². The molecule has 0 unspecified atom stereocenters. The van der Waals surface area contributed by atoms with Gasteiger partial charge in [0.15, 0.2) is 16.7 Å². The van der Waals surface area contributed by atoms with E-state index in [1.54, 1.807) is 30.3 Å². The Labute approximate surface area is 173 Å². The largest absolute Gasteiger partial charge is 0.503 e. The number of carbonyl (C=O) groups is 2. The second-order valence-corrected chi connectivity index (χ2v) is 7.67. The van der Waals surface area contributed by atoms with E-state index >= 15 is 0 Å². The number of halogens is 1. The van der Waals surface area contributed by atoms with Gasteiger partial charge in [-0.05, 0) is 35.9 Å². The zero-order chi connectivity index (χ0) is 20.8. The zero-order valence-corrected chi connectivity index (χ0v) is 16.1. The Bertz CT molecular complexity index is 1310. The molecular weight excluding hydrogens is 407 g/mol. The van der Waals surface area contributed by atoms with E-state index in [1.807, 2.05) is 6.07 Å². The van der Waals surface area contributed by atoms with Crippen LogP contribution in [0.1, 0.15) is 22.2 Å². The first-order valence-electron chi connectivity index (χ1n) is 9.00. The third-order valence-electron chi connectivity index (χ3n) is 4.86. The number of aliphatic hydroxyl groups is 1. The summed E-state index contributed by atoms with van der Waals surface area (Å²) in [6.07, 6.45) is 1.35. The average Bonchev–Trinajstić information content (AvgIpc) is 3.47. The first-order valence-corrected chi connectivity index (χ1v) is 9.82. The number of aliphatic hydroxyl groups excluding tert-OH is 1. The Kier molecular flexibility index (Phi) is 4.22. The second-order valence-electron chi connectivity index (χ2n) is 6.67. The molecule has 1 atom stereocenters. The average molecular weight is 420 g/mol. The molecule has 0 saturated heterocycles. The monoisotopic (exact) mass is 420 g/mol. The van der Waals surface area contributed by atoms with Crippen LogP contribution in [-0.2, 0) is 4.79 Å². The molecule has 5 rings (SSSR count). The van der Waals surface area contributed by atoms with Gasteiger partial charge in [-0.25, -0.2) is 9.37 Å². The highest BCUT2D eigenvalue weighted by Crippen LogP contribution is 2.44. The lowest BCUT2D eigenvalue weighted by Crippen LogP contribution is -2.30. The number of hydrogen-bond donors (Lipinski definition) is 1. The maximum Gasteiger partial charge on any atom is 0.296 e. The van der Waals surface area contributed by atoms with Gasteiger partial charge >= 0.3 is 0 Å². The number of fused-ring (bicyclic) bond motifs is 1. The number of Topliss-reactive ketones (excluding diaryl/α,β-unsaturated/α-hetero) is 1. The minimum absolute atomic E-state index is 0.0125. The number of ketones is 1. The quantitative estimate of drug-likeness (QED) is 0.479. The molecular formula is C22H13FN2O4S. The molecule has 30 heavy (non-hydrogen) atoms. The number of anilines is 1. The van der Waals surface area contributed by atoms with Crippen molar-refractivity contribution in [1.82, 2.24) is 4.98 Å². The van der Waals surface area contributed by atoms with Crippen LogP contribution in [0.3, 0.4) is 0 Å². The number of hydrogen-bond acceptors (Lipinski definition) is 6. The van der Waals surface area contributed by atoms with Gasteiger partial charge in [0, 0.05) is 0 Å². The van der Waals surface area contributed by atoms with E-state index < -0.39 is 29.3 Å². The van der Waals surface area contributed by atoms with E-state index in [2.05, 4.69) is 4.98 Å². The fraction of sp³-hybridized carbons (Fsp3) is 0.0455. The Morgan fingerprint density at radius 3 is 2.67 bits per heavy atom. The summed E-state index contributed by atoms with van der Waals surface area (Å²) in [5.41, 5.74) is 1.04. The van der Waals surface area contributed by atoms with Crippen LogP contribution in [-0.4, -0.2) is 21.8 Å². The Morgan fingerprint density at radius 2 is 1.93 bits per heavy atom. The highest BCUT2D eigenvalue weighted by Gasteiger charge is 2.46. The molecule has 1 amide bonds. The topological polar surface area (TPSA) is 83.6 Å². The normalized spacial score (nSPS) is 16.6. The third-order valence-corrected chi connectivity index (χ3v) is 5.88. The lowest BCUT2D eigenvalue weighted by molar-refractivity contribution is -0.117. The highest BCUT2D eigenvalue weighted by atomic mass is 32.1. The molecule has 8 heteroatoms. The van der Waals surface area contributed by atoms with Crippen molar-refractivity contribution >= 4 is 38.4 Å². The van der Waals surface area contributed by atoms with Gasteiger partial charge in [0.05, 0.1) is 28.1 Å². The Hall–Kier alpha value is -3.78. The molecule has 0 fully saturated rings. The first kappa shape index (κ1) is 18.3. The van der Waals surface area contributed by atoms with E-state index in [-0.39, 0.29) is 16.5 Å². The highest BCUT2D eigenvalue weighted by molar-refractivity contribution is 7.22. The van der Waals surface area contributed by atoms with Crippen molar-refractivity contribution < 1.29 is 23.5 Å². The smallest absolute Gasteiger partial charge is 0.296 e. The summed E-state index contributed by atoms with van der Waals surface area (Å²) in [6.45, 7) is 0. The van der Waals surface area contributed by atoms with Crippen LogP contribution >= 0.6 is 11.3 Å². The summed E-state index contributed by atoms with van der Waals surface area (Å²) >= 11 is 1.11. The summed E-state index contributed by atoms with van der Waals surface area (Å²) in [7, 11) is 0. The number of furan rings is 1. The van der Waals surface area contributed by atoms with Gasteiger partial charge in [0.25, 0.3) is 5.91 Å². The van der Waals surface area contributed by atoms with Crippen molar-refractivity contribution in [3.05, 3.63) is 95.4 Å². The standard InChI is InChI=1S/C22H13FN2O4S/c23-13-8-9-14-16(11-13)30-22(24-14)25-18(12-5-2-1-3-6-12)17(20(27)21(25)28)19(26)15-7-4-10-29-15/h1-11,18,27H/t18-/m0/s1. The summed E-state index contributed by atoms with van der Waals surface area (Å²) in [5.74, 6) is -2.40. The van der Waals surface area contributed by atoms with E-state index in [0.717, 1.165) is 11.3 Å². The van der Waals surface area contributed by atoms with E-state index in [4.69, 9.17) is 4.42 Å². The maximum atomic E-state index is 13.6. The van der Waals surface area contributed by atoms with Gasteiger partial charge in [0.1, 0.15) is 5.82 Å². The minimum atomic E-state index is -0.901. The molecule has 0 saturated carbocycles. The molecule has 0 spiro atoms. The molecule has 0 bridgehead atoms. The van der Waals surface area contributed by atoms with Gasteiger partial charge in [-0.3, -0.25) is 14.5 Å². The van der Waals surface area contributed by atoms with Crippen LogP contribution in [0.4, 0.5) is 9.52 Å². The molecule has 1 aliphatic rings. The number of amides is 1. The number of thiazole rings is 1. The summed E-state index contributed by atoms with van der Waals surface area (Å²) in [4.78, 5) is 31.8. The van der Waals surface area contributed by atoms with E-state index in [0.29, 0.717) is 15.8 Å². The molecule has 0 radical (unpaired) electrons. The van der Waals surface area contributed by atoms with Gasteiger partial charge < -0.3 is 9.52 Å². The fourth-order valence-electron chi connectivity index (χ4n) is 3.52. The maximum absolute atomic E-state index is 13.6. The van der Waals surface area contributed by atoms with E-state index in [1.165, 1.54) is 35.4 Å². The van der Waals surface area contributed by atoms with E-state index in [9.17, 15) is 19.1 Å². The van der Waals surface area contributed by atoms with Crippen LogP contribution < -0.4 is 4.90 Å². The van der Waals surface area contributed by atoms with Gasteiger partial charge in [-0.2, -0.15) is 0 Å². The second kappa shape index (κ2) is 6.93. The zero-order valence-electron chi connectivity index (χ0n) is 15.3. The molecule has 1 N–H and O–H groups in total. The molecule has 4 aromatic rings. The van der Waals surface area contributed by atoms with Gasteiger partial charge in [-0.1, -0.05) is 41.7 Å². The number of carbonyl (C=O) groups excluding carboxylic acids is 2. The Balaban J connectivity index is 1.68. The van der Waals surface area contributed by atoms with Crippen LogP contribution in [0, 0.1) is 5.82 Å². The number of aromatic nitrogens is 1. The number of benzene rings is 2. The minimum Gasteiger partial charge on any atom is -0.503 e. The number of rotatable bonds is 4. The number of nitrogens with zero attached hydrogens (tertiary/aromatic N) is 2. The van der Waals surface area contributed by atoms with Gasteiger partial charge in [0.2, 0.25) is 5.78 Å². The van der Waals surface area contributed by atoms with Crippen molar-refractivity contribution in [3.63, 3.8) is 0 Å². The fourth-order valence-corrected chi connectivity index (χ4v) is 4.53. The Morgan fingerprint density at radius 1 is 1.13 bits per heavy atom. The van der Waals surface area contributed by atoms with Crippen molar-refractivity contribution in [2.45, 2.75) is 6.04 Å². The van der Waals surface area contributed by atoms with Crippen LogP contribution in [0.2, 0.25) is 0 Å². The lowest BCUT2D eigenvalue weighted by atomic mass is 9.95. The SMILES string of the molecule is O=C(C1=C(O)C(=O)N(c2nc3ccc(F)cc3s2)[C@H]1c1ccccc1)c1ccco1. The summed E-state index contributed by atoms with van der Waals surface area (Å²) in [5, 5.41) is 10.9. The first-order chi connectivity index (χ1) is 14.5. The van der Waals surface area contributed by atoms with Crippen LogP contribution in [0.15, 0.2) is 82.7 Å². The summed E-state index contributed by atoms with van der Waals surface area (Å²) < 4.78 is 19.4. The molecule has 1 aliphatic heterocycles. The van der Waals surface area contributed by atoms with Crippen LogP contribution in [0.25, 0.3) is 10.2 Å². The molecule has 6 nitrogen and oxygen atoms in total. The van der Waals surface area contributed by atoms with Crippen molar-refractivity contribution in [3.8, 4) is 0 Å². The predicted molar refractivity (Wildman–Crippen MR) is 109 cm³/mol. The molecule has 0 aliphatic carbocycles. The molecule has 148 valence electrons. The lowest BCUT2D eigenvalue weighted by Gasteiger charge is -2.24. The predicted octanol–water partition coefficient (Wildman–Crippen LogP) is 4.81. The third kappa shape index (κ3) is 2.81. The molecule has 2 aromatic heterocycles. The summed E-state index contributed by atoms with van der Waals surface area (Å²) in [6, 6.07) is 15.1. The molecule has 3 heterocycles.